The number of piperidine rings is 1. The Labute approximate surface area is 101 Å². The minimum atomic E-state index is 0.541. The van der Waals surface area contributed by atoms with Crippen LogP contribution in [0.1, 0.15) is 46.5 Å². The van der Waals surface area contributed by atoms with Gasteiger partial charge in [-0.05, 0) is 49.6 Å². The normalized spacial score (nSPS) is 35.4. The summed E-state index contributed by atoms with van der Waals surface area (Å²) in [7, 11) is 0. The summed E-state index contributed by atoms with van der Waals surface area (Å²) < 4.78 is 0. The van der Waals surface area contributed by atoms with Gasteiger partial charge in [-0.25, -0.2) is 0 Å². The van der Waals surface area contributed by atoms with Crippen LogP contribution in [0.15, 0.2) is 0 Å². The standard InChI is InChI=1S/C14H28N2/c1-4-14(7-8-15-10-14)12-16-9-5-6-13(2,3)11-16/h15H,4-12H2,1-3H3. The van der Waals surface area contributed by atoms with E-state index in [-0.39, 0.29) is 0 Å². The predicted molar refractivity (Wildman–Crippen MR) is 69.7 cm³/mol. The van der Waals surface area contributed by atoms with E-state index in [1.54, 1.807) is 0 Å². The highest BCUT2D eigenvalue weighted by molar-refractivity contribution is 4.91. The molecule has 0 amide bonds. The van der Waals surface area contributed by atoms with Crippen LogP contribution in [-0.2, 0) is 0 Å². The molecule has 2 aliphatic rings. The Morgan fingerprint density at radius 1 is 1.25 bits per heavy atom. The summed E-state index contributed by atoms with van der Waals surface area (Å²) in [5.74, 6) is 0. The van der Waals surface area contributed by atoms with Crippen molar-refractivity contribution in [3.05, 3.63) is 0 Å². The fourth-order valence-electron chi connectivity index (χ4n) is 3.50. The lowest BCUT2D eigenvalue weighted by Gasteiger charge is -2.42. The van der Waals surface area contributed by atoms with E-state index in [4.69, 9.17) is 0 Å². The van der Waals surface area contributed by atoms with Crippen molar-refractivity contribution in [3.63, 3.8) is 0 Å². The topological polar surface area (TPSA) is 15.3 Å². The Hall–Kier alpha value is -0.0800. The summed E-state index contributed by atoms with van der Waals surface area (Å²) in [5.41, 5.74) is 1.12. The SMILES string of the molecule is CCC1(CN2CCCC(C)(C)C2)CCNC1. The fourth-order valence-corrected chi connectivity index (χ4v) is 3.50. The van der Waals surface area contributed by atoms with Crippen molar-refractivity contribution in [1.29, 1.82) is 0 Å². The van der Waals surface area contributed by atoms with Crippen LogP contribution in [0.2, 0.25) is 0 Å². The third-order valence-corrected chi connectivity index (χ3v) is 4.62. The van der Waals surface area contributed by atoms with E-state index < -0.39 is 0 Å². The van der Waals surface area contributed by atoms with Crippen LogP contribution in [-0.4, -0.2) is 37.6 Å². The van der Waals surface area contributed by atoms with Gasteiger partial charge in [0.2, 0.25) is 0 Å². The number of likely N-dealkylation sites (tertiary alicyclic amines) is 1. The first-order valence-electron chi connectivity index (χ1n) is 6.98. The van der Waals surface area contributed by atoms with Gasteiger partial charge in [-0.15, -0.1) is 0 Å². The van der Waals surface area contributed by atoms with Gasteiger partial charge in [-0.1, -0.05) is 20.8 Å². The second kappa shape index (κ2) is 4.66. The quantitative estimate of drug-likeness (QED) is 0.792. The second-order valence-electron chi connectivity index (χ2n) is 6.76. The molecule has 2 aliphatic heterocycles. The molecule has 2 nitrogen and oxygen atoms in total. The molecule has 94 valence electrons. The molecule has 2 rings (SSSR count). The second-order valence-corrected chi connectivity index (χ2v) is 6.76. The number of nitrogens with one attached hydrogen (secondary N) is 1. The first-order chi connectivity index (χ1) is 7.55. The van der Waals surface area contributed by atoms with Gasteiger partial charge in [0.05, 0.1) is 0 Å². The molecule has 0 bridgehead atoms. The maximum Gasteiger partial charge on any atom is 0.00507 e. The molecule has 0 aromatic heterocycles. The fraction of sp³-hybridized carbons (Fsp3) is 1.00. The molecule has 2 heterocycles. The number of nitrogens with zero attached hydrogens (tertiary/aromatic N) is 1. The third kappa shape index (κ3) is 2.78. The van der Waals surface area contributed by atoms with Crippen molar-refractivity contribution >= 4 is 0 Å². The van der Waals surface area contributed by atoms with Crippen LogP contribution < -0.4 is 5.32 Å². The maximum absolute atomic E-state index is 3.55. The molecule has 1 unspecified atom stereocenters. The van der Waals surface area contributed by atoms with E-state index in [9.17, 15) is 0 Å². The Morgan fingerprint density at radius 2 is 2.06 bits per heavy atom. The van der Waals surface area contributed by atoms with E-state index in [0.717, 1.165) is 0 Å². The molecule has 2 saturated heterocycles. The van der Waals surface area contributed by atoms with E-state index in [2.05, 4.69) is 31.0 Å². The maximum atomic E-state index is 3.55. The molecule has 2 heteroatoms. The first kappa shape index (κ1) is 12.4. The van der Waals surface area contributed by atoms with Gasteiger partial charge in [0.15, 0.2) is 0 Å². The van der Waals surface area contributed by atoms with Crippen LogP contribution in [0.3, 0.4) is 0 Å². The van der Waals surface area contributed by atoms with Crippen molar-refractivity contribution in [2.75, 3.05) is 32.7 Å². The zero-order valence-corrected chi connectivity index (χ0v) is 11.3. The molecule has 0 aliphatic carbocycles. The molecule has 1 atom stereocenters. The van der Waals surface area contributed by atoms with E-state index in [1.807, 2.05) is 0 Å². The van der Waals surface area contributed by atoms with Crippen molar-refractivity contribution < 1.29 is 0 Å². The van der Waals surface area contributed by atoms with Gasteiger partial charge in [0.25, 0.3) is 0 Å². The lowest BCUT2D eigenvalue weighted by molar-refractivity contribution is 0.0734. The summed E-state index contributed by atoms with van der Waals surface area (Å²) in [6, 6.07) is 0. The van der Waals surface area contributed by atoms with Crippen LogP contribution in [0.5, 0.6) is 0 Å². The predicted octanol–water partition coefficient (Wildman–Crippen LogP) is 2.50. The largest absolute Gasteiger partial charge is 0.316 e. The molecule has 0 radical (unpaired) electrons. The molecule has 2 fully saturated rings. The van der Waals surface area contributed by atoms with Gasteiger partial charge >= 0.3 is 0 Å². The van der Waals surface area contributed by atoms with Crippen LogP contribution >= 0.6 is 0 Å². The number of hydrogen-bond donors (Lipinski definition) is 1. The smallest absolute Gasteiger partial charge is 0.00507 e. The molecule has 16 heavy (non-hydrogen) atoms. The summed E-state index contributed by atoms with van der Waals surface area (Å²) >= 11 is 0. The monoisotopic (exact) mass is 224 g/mol. The molecular formula is C14H28N2. The molecule has 0 spiro atoms. The minimum absolute atomic E-state index is 0.541. The zero-order valence-electron chi connectivity index (χ0n) is 11.3. The zero-order chi connectivity index (χ0) is 11.6. The lowest BCUT2D eigenvalue weighted by atomic mass is 9.80. The van der Waals surface area contributed by atoms with Gasteiger partial charge in [-0.3, -0.25) is 0 Å². The highest BCUT2D eigenvalue weighted by Gasteiger charge is 2.36. The van der Waals surface area contributed by atoms with Crippen molar-refractivity contribution in [2.24, 2.45) is 10.8 Å². The molecule has 1 N–H and O–H groups in total. The van der Waals surface area contributed by atoms with E-state index in [0.29, 0.717) is 10.8 Å². The van der Waals surface area contributed by atoms with Gasteiger partial charge in [-0.2, -0.15) is 0 Å². The molecular weight excluding hydrogens is 196 g/mol. The van der Waals surface area contributed by atoms with E-state index in [1.165, 1.54) is 58.4 Å². The first-order valence-corrected chi connectivity index (χ1v) is 6.98. The highest BCUT2D eigenvalue weighted by atomic mass is 15.2. The van der Waals surface area contributed by atoms with Gasteiger partial charge in [0, 0.05) is 19.6 Å². The van der Waals surface area contributed by atoms with Crippen molar-refractivity contribution in [2.45, 2.75) is 46.5 Å². The van der Waals surface area contributed by atoms with Crippen LogP contribution in [0, 0.1) is 10.8 Å². The highest BCUT2D eigenvalue weighted by Crippen LogP contribution is 2.34. The van der Waals surface area contributed by atoms with Gasteiger partial charge in [0.1, 0.15) is 0 Å². The summed E-state index contributed by atoms with van der Waals surface area (Å²) in [4.78, 5) is 2.72. The third-order valence-electron chi connectivity index (χ3n) is 4.62. The number of rotatable bonds is 3. The summed E-state index contributed by atoms with van der Waals surface area (Å²) in [6.45, 7) is 13.6. The van der Waals surface area contributed by atoms with Crippen molar-refractivity contribution in [3.8, 4) is 0 Å². The Balaban J connectivity index is 1.93. The average molecular weight is 224 g/mol. The molecule has 0 aromatic rings. The molecule has 0 saturated carbocycles. The Kier molecular flexibility index (Phi) is 3.60. The minimum Gasteiger partial charge on any atom is -0.316 e. The number of hydrogen-bond acceptors (Lipinski definition) is 2. The molecule has 0 aromatic carbocycles. The Bertz CT molecular complexity index is 229. The summed E-state index contributed by atoms with van der Waals surface area (Å²) in [6.07, 6.45) is 5.50. The summed E-state index contributed by atoms with van der Waals surface area (Å²) in [5, 5.41) is 3.55. The average Bonchev–Trinajstić information content (AvgIpc) is 2.65. The lowest BCUT2D eigenvalue weighted by Crippen LogP contribution is -2.46. The van der Waals surface area contributed by atoms with Crippen molar-refractivity contribution in [1.82, 2.24) is 10.2 Å². The van der Waals surface area contributed by atoms with Crippen LogP contribution in [0.4, 0.5) is 0 Å². The van der Waals surface area contributed by atoms with E-state index >= 15 is 0 Å². The van der Waals surface area contributed by atoms with Gasteiger partial charge < -0.3 is 10.2 Å². The van der Waals surface area contributed by atoms with Crippen LogP contribution in [0.25, 0.3) is 0 Å². The Morgan fingerprint density at radius 3 is 2.62 bits per heavy atom.